The molecule has 0 radical (unpaired) electrons. The first-order valence-electron chi connectivity index (χ1n) is 9.81. The number of amides is 2. The lowest BCUT2D eigenvalue weighted by Gasteiger charge is -2.46. The molecule has 0 unspecified atom stereocenters. The maximum atomic E-state index is 13.4. The molecule has 1 N–H and O–H groups in total. The molecule has 8 nitrogen and oxygen atoms in total. The van der Waals surface area contributed by atoms with Crippen LogP contribution >= 0.6 is 0 Å². The fraction of sp³-hybridized carbons (Fsp3) is 0.364. The van der Waals surface area contributed by atoms with Crippen LogP contribution in [0.15, 0.2) is 48.5 Å². The highest BCUT2D eigenvalue weighted by Crippen LogP contribution is 2.32. The second kappa shape index (κ2) is 8.68. The molecule has 1 fully saturated rings. The van der Waals surface area contributed by atoms with E-state index in [9.17, 15) is 18.0 Å². The number of nitrogens with one attached hydrogen (secondary N) is 1. The molecule has 1 saturated heterocycles. The predicted molar refractivity (Wildman–Crippen MR) is 118 cm³/mol. The quantitative estimate of drug-likeness (QED) is 0.730. The predicted octanol–water partition coefficient (Wildman–Crippen LogP) is 1.69. The van der Waals surface area contributed by atoms with Gasteiger partial charge in [0.25, 0.3) is 0 Å². The number of methoxy groups -OCH3 is 1. The highest BCUT2D eigenvalue weighted by molar-refractivity contribution is 7.88. The second-order valence-electron chi connectivity index (χ2n) is 7.90. The standard InChI is InChI=1S/C22H27N3O5S/c1-16-8-10-17(11-9-16)13-23-21(27)22(2)15-24(31(4,28)29)14-20(26)25(22)18-6-5-7-19(12-18)30-3/h5-12H,13-15H2,1-4H3,(H,23,27)/t22-/m1/s1. The molecule has 2 aromatic carbocycles. The molecule has 166 valence electrons. The Morgan fingerprint density at radius 2 is 1.87 bits per heavy atom. The Morgan fingerprint density at radius 3 is 2.48 bits per heavy atom. The third-order valence-corrected chi connectivity index (χ3v) is 6.58. The van der Waals surface area contributed by atoms with Gasteiger partial charge in [0.05, 0.1) is 19.9 Å². The molecule has 2 aromatic rings. The van der Waals surface area contributed by atoms with Crippen molar-refractivity contribution in [2.45, 2.75) is 25.9 Å². The summed E-state index contributed by atoms with van der Waals surface area (Å²) < 4.78 is 30.7. The summed E-state index contributed by atoms with van der Waals surface area (Å²) >= 11 is 0. The number of aryl methyl sites for hydroxylation is 1. The molecular weight excluding hydrogens is 418 g/mol. The van der Waals surface area contributed by atoms with Gasteiger partial charge in [0.1, 0.15) is 11.3 Å². The van der Waals surface area contributed by atoms with E-state index in [1.807, 2.05) is 31.2 Å². The molecular formula is C22H27N3O5S. The molecule has 3 rings (SSSR count). The Hall–Kier alpha value is -2.91. The van der Waals surface area contributed by atoms with E-state index in [-0.39, 0.29) is 19.6 Å². The van der Waals surface area contributed by atoms with Crippen molar-refractivity contribution in [2.24, 2.45) is 0 Å². The molecule has 2 amide bonds. The summed E-state index contributed by atoms with van der Waals surface area (Å²) in [5.74, 6) is -0.409. The maximum Gasteiger partial charge on any atom is 0.247 e. The molecule has 0 spiro atoms. The number of rotatable bonds is 6. The van der Waals surface area contributed by atoms with Crippen LogP contribution < -0.4 is 15.0 Å². The summed E-state index contributed by atoms with van der Waals surface area (Å²) in [6.07, 6.45) is 1.03. The number of hydrogen-bond acceptors (Lipinski definition) is 5. The van der Waals surface area contributed by atoms with Crippen molar-refractivity contribution in [1.29, 1.82) is 0 Å². The summed E-state index contributed by atoms with van der Waals surface area (Å²) in [5.41, 5.74) is 1.02. The van der Waals surface area contributed by atoms with Gasteiger partial charge in [-0.1, -0.05) is 35.9 Å². The van der Waals surface area contributed by atoms with Crippen molar-refractivity contribution in [2.75, 3.05) is 31.4 Å². The lowest BCUT2D eigenvalue weighted by Crippen LogP contribution is -2.70. The molecule has 1 atom stereocenters. The average molecular weight is 446 g/mol. The van der Waals surface area contributed by atoms with Crippen LogP contribution in [-0.2, 0) is 26.2 Å². The van der Waals surface area contributed by atoms with E-state index < -0.39 is 27.4 Å². The van der Waals surface area contributed by atoms with E-state index in [2.05, 4.69) is 5.32 Å². The van der Waals surface area contributed by atoms with E-state index in [1.165, 1.54) is 12.0 Å². The number of carbonyl (C=O) groups excluding carboxylic acids is 2. The van der Waals surface area contributed by atoms with Gasteiger partial charge in [0.15, 0.2) is 0 Å². The van der Waals surface area contributed by atoms with Gasteiger partial charge in [-0.3, -0.25) is 14.5 Å². The van der Waals surface area contributed by atoms with Crippen molar-refractivity contribution in [3.8, 4) is 5.75 Å². The van der Waals surface area contributed by atoms with Crippen LogP contribution in [0.3, 0.4) is 0 Å². The van der Waals surface area contributed by atoms with Gasteiger partial charge in [0, 0.05) is 24.8 Å². The maximum absolute atomic E-state index is 13.4. The van der Waals surface area contributed by atoms with Gasteiger partial charge in [-0.2, -0.15) is 4.31 Å². The molecule has 0 aromatic heterocycles. The van der Waals surface area contributed by atoms with Crippen molar-refractivity contribution in [3.05, 3.63) is 59.7 Å². The lowest BCUT2D eigenvalue weighted by atomic mass is 9.94. The van der Waals surface area contributed by atoms with Crippen LogP contribution in [0.4, 0.5) is 5.69 Å². The Bertz CT molecular complexity index is 1080. The van der Waals surface area contributed by atoms with Gasteiger partial charge in [-0.15, -0.1) is 0 Å². The van der Waals surface area contributed by atoms with Gasteiger partial charge < -0.3 is 10.1 Å². The van der Waals surface area contributed by atoms with Crippen molar-refractivity contribution >= 4 is 27.5 Å². The van der Waals surface area contributed by atoms with Crippen molar-refractivity contribution in [3.63, 3.8) is 0 Å². The van der Waals surface area contributed by atoms with Crippen LogP contribution in [0, 0.1) is 6.92 Å². The van der Waals surface area contributed by atoms with E-state index >= 15 is 0 Å². The smallest absolute Gasteiger partial charge is 0.247 e. The number of sulfonamides is 1. The zero-order chi connectivity index (χ0) is 22.8. The van der Waals surface area contributed by atoms with Crippen LogP contribution in [0.1, 0.15) is 18.1 Å². The minimum Gasteiger partial charge on any atom is -0.497 e. The Balaban J connectivity index is 1.96. The summed E-state index contributed by atoms with van der Waals surface area (Å²) in [6.45, 7) is 3.31. The summed E-state index contributed by atoms with van der Waals surface area (Å²) in [7, 11) is -2.16. The largest absolute Gasteiger partial charge is 0.497 e. The molecule has 1 aliphatic rings. The van der Waals surface area contributed by atoms with Crippen molar-refractivity contribution < 1.29 is 22.7 Å². The highest BCUT2D eigenvalue weighted by atomic mass is 32.2. The van der Waals surface area contributed by atoms with Crippen LogP contribution in [-0.4, -0.2) is 56.5 Å². The zero-order valence-corrected chi connectivity index (χ0v) is 18.9. The van der Waals surface area contributed by atoms with E-state index in [0.717, 1.165) is 21.7 Å². The first kappa shape index (κ1) is 22.8. The fourth-order valence-corrected chi connectivity index (χ4v) is 4.46. The lowest BCUT2D eigenvalue weighted by molar-refractivity contribution is -0.133. The molecule has 0 aliphatic carbocycles. The Morgan fingerprint density at radius 1 is 1.19 bits per heavy atom. The van der Waals surface area contributed by atoms with Crippen molar-refractivity contribution in [1.82, 2.24) is 9.62 Å². The normalized spacial score (nSPS) is 19.9. The Kier molecular flexibility index (Phi) is 6.38. The minimum absolute atomic E-state index is 0.158. The average Bonchev–Trinajstić information content (AvgIpc) is 2.72. The van der Waals surface area contributed by atoms with Crippen LogP contribution in [0.25, 0.3) is 0 Å². The summed E-state index contributed by atoms with van der Waals surface area (Å²) in [5, 5.41) is 2.86. The van der Waals surface area contributed by atoms with Gasteiger partial charge in [-0.25, -0.2) is 8.42 Å². The number of hydrogen-bond donors (Lipinski definition) is 1. The number of piperazine rings is 1. The molecule has 0 bridgehead atoms. The molecule has 1 aliphatic heterocycles. The number of benzene rings is 2. The third-order valence-electron chi connectivity index (χ3n) is 5.38. The van der Waals surface area contributed by atoms with Crippen LogP contribution in [0.5, 0.6) is 5.75 Å². The summed E-state index contributed by atoms with van der Waals surface area (Å²) in [6, 6.07) is 14.5. The fourth-order valence-electron chi connectivity index (χ4n) is 3.63. The first-order valence-corrected chi connectivity index (χ1v) is 11.7. The Labute approximate surface area is 182 Å². The minimum atomic E-state index is -3.67. The molecule has 9 heteroatoms. The topological polar surface area (TPSA) is 96.0 Å². The monoisotopic (exact) mass is 445 g/mol. The molecule has 1 heterocycles. The number of anilines is 1. The SMILES string of the molecule is COc1cccc(N2C(=O)CN(S(C)(=O)=O)C[C@]2(C)C(=O)NCc2ccc(C)cc2)c1. The van der Waals surface area contributed by atoms with E-state index in [1.54, 1.807) is 31.2 Å². The number of nitrogens with zero attached hydrogens (tertiary/aromatic N) is 2. The molecule has 0 saturated carbocycles. The van der Waals surface area contributed by atoms with E-state index in [0.29, 0.717) is 11.4 Å². The van der Waals surface area contributed by atoms with E-state index in [4.69, 9.17) is 4.74 Å². The zero-order valence-electron chi connectivity index (χ0n) is 18.1. The highest BCUT2D eigenvalue weighted by Gasteiger charge is 2.50. The number of carbonyl (C=O) groups is 2. The van der Waals surface area contributed by atoms with Crippen LogP contribution in [0.2, 0.25) is 0 Å². The number of ether oxygens (including phenoxy) is 1. The molecule has 31 heavy (non-hydrogen) atoms. The van der Waals surface area contributed by atoms with Gasteiger partial charge >= 0.3 is 0 Å². The third kappa shape index (κ3) is 4.88. The first-order chi connectivity index (χ1) is 14.5. The second-order valence-corrected chi connectivity index (χ2v) is 9.89. The van der Waals surface area contributed by atoms with Gasteiger partial charge in [-0.05, 0) is 31.5 Å². The summed E-state index contributed by atoms with van der Waals surface area (Å²) in [4.78, 5) is 27.8. The van der Waals surface area contributed by atoms with Gasteiger partial charge in [0.2, 0.25) is 21.8 Å².